The van der Waals surface area contributed by atoms with Crippen LogP contribution in [0.15, 0.2) is 0 Å². The number of hydrogen-bond acceptors (Lipinski definition) is 2. The molecule has 1 heterocycles. The van der Waals surface area contributed by atoms with Crippen molar-refractivity contribution in [2.75, 3.05) is 26.3 Å². The van der Waals surface area contributed by atoms with Crippen LogP contribution in [0.1, 0.15) is 19.3 Å². The van der Waals surface area contributed by atoms with Gasteiger partial charge in [0.25, 0.3) is 6.43 Å². The van der Waals surface area contributed by atoms with E-state index in [2.05, 4.69) is 0 Å². The second kappa shape index (κ2) is 3.50. The van der Waals surface area contributed by atoms with Crippen molar-refractivity contribution >= 4 is 0 Å². The first-order chi connectivity index (χ1) is 6.23. The highest BCUT2D eigenvalue weighted by Crippen LogP contribution is 2.43. The maximum atomic E-state index is 12.2. The lowest BCUT2D eigenvalue weighted by Gasteiger charge is -2.28. The predicted molar refractivity (Wildman–Crippen MR) is 45.0 cm³/mol. The first-order valence-electron chi connectivity index (χ1n) is 4.84. The van der Waals surface area contributed by atoms with Crippen molar-refractivity contribution in [2.45, 2.75) is 31.2 Å². The molecule has 0 amide bonds. The van der Waals surface area contributed by atoms with Crippen LogP contribution >= 0.6 is 0 Å². The minimum absolute atomic E-state index is 0.00701. The van der Waals surface area contributed by atoms with E-state index < -0.39 is 6.43 Å². The van der Waals surface area contributed by atoms with Gasteiger partial charge in [-0.1, -0.05) is 0 Å². The molecule has 4 heteroatoms. The molecule has 13 heavy (non-hydrogen) atoms. The van der Waals surface area contributed by atoms with Gasteiger partial charge in [-0.25, -0.2) is 8.78 Å². The maximum Gasteiger partial charge on any atom is 0.251 e. The van der Waals surface area contributed by atoms with Gasteiger partial charge in [0.05, 0.1) is 13.2 Å². The Morgan fingerprint density at radius 3 is 2.77 bits per heavy atom. The van der Waals surface area contributed by atoms with Crippen LogP contribution in [0.25, 0.3) is 0 Å². The van der Waals surface area contributed by atoms with Gasteiger partial charge in [-0.15, -0.1) is 0 Å². The summed E-state index contributed by atoms with van der Waals surface area (Å²) >= 11 is 0. The summed E-state index contributed by atoms with van der Waals surface area (Å²) in [7, 11) is 0. The fourth-order valence-electron chi connectivity index (χ4n) is 2.00. The first kappa shape index (κ1) is 9.34. The van der Waals surface area contributed by atoms with E-state index >= 15 is 0 Å². The molecule has 2 nitrogen and oxygen atoms in total. The molecular formula is C9H15F2NO. The molecule has 1 saturated carbocycles. The van der Waals surface area contributed by atoms with Crippen LogP contribution in [0, 0.1) is 0 Å². The van der Waals surface area contributed by atoms with Crippen molar-refractivity contribution in [3.8, 4) is 0 Å². The largest absolute Gasteiger partial charge is 0.379 e. The number of ether oxygens (including phenoxy) is 1. The standard InChI is InChI=1S/C9H15F2NO/c10-8(11)6-12-4-1-5-13-7-9(12)2-3-9/h8H,1-7H2. The molecule has 76 valence electrons. The smallest absolute Gasteiger partial charge is 0.251 e. The second-order valence-electron chi connectivity index (χ2n) is 3.97. The van der Waals surface area contributed by atoms with E-state index in [1.165, 1.54) is 0 Å². The third-order valence-corrected chi connectivity index (χ3v) is 2.94. The zero-order chi connectivity index (χ0) is 9.31. The highest BCUT2D eigenvalue weighted by atomic mass is 19.3. The number of nitrogens with zero attached hydrogens (tertiary/aromatic N) is 1. The fraction of sp³-hybridized carbons (Fsp3) is 1.00. The molecule has 1 saturated heterocycles. The molecule has 0 N–H and O–H groups in total. The Balaban J connectivity index is 1.96. The average molecular weight is 191 g/mol. The summed E-state index contributed by atoms with van der Waals surface area (Å²) in [6, 6.07) is 0. The van der Waals surface area contributed by atoms with Gasteiger partial charge in [0.1, 0.15) is 0 Å². The van der Waals surface area contributed by atoms with E-state index in [1.807, 2.05) is 4.90 Å². The zero-order valence-electron chi connectivity index (χ0n) is 7.64. The summed E-state index contributed by atoms with van der Waals surface area (Å²) in [4.78, 5) is 1.92. The number of alkyl halides is 2. The summed E-state index contributed by atoms with van der Waals surface area (Å²) in [5.74, 6) is 0. The van der Waals surface area contributed by atoms with E-state index in [0.717, 1.165) is 32.4 Å². The van der Waals surface area contributed by atoms with E-state index in [1.54, 1.807) is 0 Å². The Morgan fingerprint density at radius 1 is 1.38 bits per heavy atom. The minimum atomic E-state index is -2.21. The normalized spacial score (nSPS) is 27.9. The van der Waals surface area contributed by atoms with Crippen molar-refractivity contribution in [1.29, 1.82) is 0 Å². The van der Waals surface area contributed by atoms with Crippen LogP contribution in [-0.2, 0) is 4.74 Å². The lowest BCUT2D eigenvalue weighted by molar-refractivity contribution is 0.0396. The maximum absolute atomic E-state index is 12.2. The number of halogens is 2. The molecular weight excluding hydrogens is 176 g/mol. The van der Waals surface area contributed by atoms with Gasteiger partial charge < -0.3 is 4.74 Å². The van der Waals surface area contributed by atoms with Gasteiger partial charge in [0.15, 0.2) is 0 Å². The molecule has 1 aliphatic heterocycles. The van der Waals surface area contributed by atoms with Crippen molar-refractivity contribution < 1.29 is 13.5 Å². The molecule has 2 aliphatic rings. The molecule has 0 aromatic heterocycles. The van der Waals surface area contributed by atoms with Gasteiger partial charge in [-0.2, -0.15) is 0 Å². The third kappa shape index (κ3) is 1.99. The lowest BCUT2D eigenvalue weighted by atomic mass is 10.2. The van der Waals surface area contributed by atoms with Crippen LogP contribution < -0.4 is 0 Å². The molecule has 0 bridgehead atoms. The van der Waals surface area contributed by atoms with Crippen molar-refractivity contribution in [1.82, 2.24) is 4.90 Å². The molecule has 0 aromatic rings. The molecule has 0 radical (unpaired) electrons. The predicted octanol–water partition coefficient (Wildman–Crippen LogP) is 1.51. The minimum Gasteiger partial charge on any atom is -0.379 e. The molecule has 0 aromatic carbocycles. The Kier molecular flexibility index (Phi) is 2.51. The van der Waals surface area contributed by atoms with Gasteiger partial charge in [-0.05, 0) is 19.3 Å². The zero-order valence-corrected chi connectivity index (χ0v) is 7.64. The van der Waals surface area contributed by atoms with Crippen LogP contribution in [0.2, 0.25) is 0 Å². The van der Waals surface area contributed by atoms with E-state index in [4.69, 9.17) is 4.74 Å². The highest BCUT2D eigenvalue weighted by Gasteiger charge is 2.49. The average Bonchev–Trinajstić information content (AvgIpc) is 2.84. The summed E-state index contributed by atoms with van der Waals surface area (Å²) < 4.78 is 29.9. The lowest BCUT2D eigenvalue weighted by Crippen LogP contribution is -2.42. The molecule has 1 spiro atoms. The van der Waals surface area contributed by atoms with Crippen LogP contribution in [0.5, 0.6) is 0 Å². The van der Waals surface area contributed by atoms with Gasteiger partial charge in [0, 0.05) is 18.7 Å². The van der Waals surface area contributed by atoms with Gasteiger partial charge >= 0.3 is 0 Å². The summed E-state index contributed by atoms with van der Waals surface area (Å²) in [6.45, 7) is 2.06. The van der Waals surface area contributed by atoms with Crippen molar-refractivity contribution in [3.05, 3.63) is 0 Å². The topological polar surface area (TPSA) is 12.5 Å². The quantitative estimate of drug-likeness (QED) is 0.656. The Labute approximate surface area is 76.9 Å². The van der Waals surface area contributed by atoms with Crippen molar-refractivity contribution in [2.24, 2.45) is 0 Å². The molecule has 1 aliphatic carbocycles. The first-order valence-corrected chi connectivity index (χ1v) is 4.84. The molecule has 0 atom stereocenters. The third-order valence-electron chi connectivity index (χ3n) is 2.94. The second-order valence-corrected chi connectivity index (χ2v) is 3.97. The number of hydrogen-bond donors (Lipinski definition) is 0. The Bertz CT molecular complexity index is 182. The Morgan fingerprint density at radius 2 is 2.15 bits per heavy atom. The monoisotopic (exact) mass is 191 g/mol. The van der Waals surface area contributed by atoms with Crippen LogP contribution in [0.3, 0.4) is 0 Å². The summed E-state index contributed by atoms with van der Waals surface area (Å²) in [5, 5.41) is 0. The van der Waals surface area contributed by atoms with E-state index in [9.17, 15) is 8.78 Å². The summed E-state index contributed by atoms with van der Waals surface area (Å²) in [5.41, 5.74) is -0.00701. The van der Waals surface area contributed by atoms with Crippen molar-refractivity contribution in [3.63, 3.8) is 0 Å². The molecule has 0 unspecified atom stereocenters. The van der Waals surface area contributed by atoms with Gasteiger partial charge in [-0.3, -0.25) is 4.90 Å². The van der Waals surface area contributed by atoms with E-state index in [-0.39, 0.29) is 12.1 Å². The summed E-state index contributed by atoms with van der Waals surface area (Å²) in [6.07, 6.45) is 0.726. The van der Waals surface area contributed by atoms with E-state index in [0.29, 0.717) is 6.61 Å². The molecule has 2 rings (SSSR count). The highest BCUT2D eigenvalue weighted by molar-refractivity contribution is 5.04. The SMILES string of the molecule is FC(F)CN1CCCOCC12CC2. The molecule has 2 fully saturated rings. The Hall–Kier alpha value is -0.220. The van der Waals surface area contributed by atoms with Crippen LogP contribution in [-0.4, -0.2) is 43.2 Å². The van der Waals surface area contributed by atoms with Crippen LogP contribution in [0.4, 0.5) is 8.78 Å². The van der Waals surface area contributed by atoms with Gasteiger partial charge in [0.2, 0.25) is 0 Å². The number of rotatable bonds is 2. The fourth-order valence-corrected chi connectivity index (χ4v) is 2.00.